The summed E-state index contributed by atoms with van der Waals surface area (Å²) in [6.07, 6.45) is 1.06. The van der Waals surface area contributed by atoms with E-state index in [1.165, 1.54) is 18.5 Å². The largest absolute Gasteiger partial charge is 0.493 e. The number of fused-ring (bicyclic) bond motifs is 1. The summed E-state index contributed by atoms with van der Waals surface area (Å²) in [5.41, 5.74) is 2.67. The van der Waals surface area contributed by atoms with E-state index in [9.17, 15) is 18.0 Å². The molecule has 28 heavy (non-hydrogen) atoms. The molecule has 0 atom stereocenters. The lowest BCUT2D eigenvalue weighted by molar-refractivity contribution is -0.199. The Bertz CT molecular complexity index is 1130. The minimum atomic E-state index is -5.09. The van der Waals surface area contributed by atoms with E-state index in [4.69, 9.17) is 0 Å². The Kier molecular flexibility index (Phi) is 4.34. The maximum atomic E-state index is 12.4. The van der Waals surface area contributed by atoms with Crippen LogP contribution >= 0.6 is 0 Å². The molecule has 0 saturated carbocycles. The van der Waals surface area contributed by atoms with Crippen LogP contribution in [0.4, 0.5) is 13.2 Å². The number of rotatable bonds is 4. The molecule has 0 fully saturated rings. The Morgan fingerprint density at radius 1 is 1.11 bits per heavy atom. The van der Waals surface area contributed by atoms with Gasteiger partial charge in [-0.3, -0.25) is 4.68 Å². The first-order valence-electron chi connectivity index (χ1n) is 8.24. The number of aromatic nitrogens is 4. The van der Waals surface area contributed by atoms with Crippen molar-refractivity contribution in [1.29, 1.82) is 0 Å². The standard InChI is InChI=1S/C19H13F3N4O2/c20-19(21,22)18(27)28-26-9-7-16-15(6-8-23-17(16)26)14-10-24-25(12-14)11-13-4-2-1-3-5-13/h1-10,12H,11H2. The summed E-state index contributed by atoms with van der Waals surface area (Å²) < 4.78 is 39.8. The van der Waals surface area contributed by atoms with Crippen molar-refractivity contribution < 1.29 is 22.8 Å². The molecule has 3 aromatic heterocycles. The molecule has 0 aliphatic heterocycles. The van der Waals surface area contributed by atoms with Gasteiger partial charge in [0, 0.05) is 29.5 Å². The molecule has 0 N–H and O–H groups in total. The van der Waals surface area contributed by atoms with Crippen molar-refractivity contribution in [2.45, 2.75) is 12.7 Å². The molecule has 9 heteroatoms. The normalized spacial score (nSPS) is 11.7. The molecular formula is C19H13F3N4O2. The molecule has 0 amide bonds. The van der Waals surface area contributed by atoms with Crippen molar-refractivity contribution in [3.63, 3.8) is 0 Å². The zero-order valence-electron chi connectivity index (χ0n) is 14.3. The van der Waals surface area contributed by atoms with E-state index in [1.54, 1.807) is 16.9 Å². The molecular weight excluding hydrogens is 373 g/mol. The molecule has 4 aromatic rings. The molecule has 0 radical (unpaired) electrons. The first-order chi connectivity index (χ1) is 13.4. The van der Waals surface area contributed by atoms with Gasteiger partial charge in [0.2, 0.25) is 0 Å². The minimum absolute atomic E-state index is 0.103. The second-order valence-corrected chi connectivity index (χ2v) is 6.03. The number of carbonyl (C=O) groups is 1. The number of pyridine rings is 1. The highest BCUT2D eigenvalue weighted by molar-refractivity contribution is 5.93. The highest BCUT2D eigenvalue weighted by atomic mass is 19.4. The molecule has 142 valence electrons. The van der Waals surface area contributed by atoms with Crippen molar-refractivity contribution in [1.82, 2.24) is 19.5 Å². The van der Waals surface area contributed by atoms with E-state index in [1.807, 2.05) is 36.5 Å². The molecule has 0 bridgehead atoms. The fourth-order valence-electron chi connectivity index (χ4n) is 2.84. The summed E-state index contributed by atoms with van der Waals surface area (Å²) in [5.74, 6) is -2.31. The van der Waals surface area contributed by atoms with Gasteiger partial charge in [0.15, 0.2) is 5.65 Å². The van der Waals surface area contributed by atoms with E-state index < -0.39 is 12.1 Å². The van der Waals surface area contributed by atoms with Crippen molar-refractivity contribution in [2.75, 3.05) is 0 Å². The lowest BCUT2D eigenvalue weighted by atomic mass is 10.1. The quantitative estimate of drug-likeness (QED) is 0.539. The first kappa shape index (κ1) is 17.8. The maximum absolute atomic E-state index is 12.4. The van der Waals surface area contributed by atoms with Crippen LogP contribution in [0.3, 0.4) is 0 Å². The summed E-state index contributed by atoms with van der Waals surface area (Å²) in [4.78, 5) is 19.5. The van der Waals surface area contributed by atoms with E-state index in [0.717, 1.165) is 11.1 Å². The first-order valence-corrected chi connectivity index (χ1v) is 8.24. The summed E-state index contributed by atoms with van der Waals surface area (Å²) in [7, 11) is 0. The van der Waals surface area contributed by atoms with Crippen LogP contribution in [0, 0.1) is 0 Å². The lowest BCUT2D eigenvalue weighted by Gasteiger charge is -2.08. The van der Waals surface area contributed by atoms with Crippen LogP contribution in [-0.4, -0.2) is 31.6 Å². The van der Waals surface area contributed by atoms with Gasteiger partial charge in [-0.1, -0.05) is 30.3 Å². The van der Waals surface area contributed by atoms with Crippen LogP contribution in [0.15, 0.2) is 67.3 Å². The Morgan fingerprint density at radius 2 is 1.89 bits per heavy atom. The molecule has 0 spiro atoms. The van der Waals surface area contributed by atoms with Gasteiger partial charge in [0.05, 0.1) is 12.7 Å². The molecule has 0 unspecified atom stereocenters. The third kappa shape index (κ3) is 3.46. The van der Waals surface area contributed by atoms with Gasteiger partial charge in [-0.15, -0.1) is 0 Å². The Balaban J connectivity index is 1.64. The van der Waals surface area contributed by atoms with Crippen LogP contribution in [-0.2, 0) is 11.3 Å². The highest BCUT2D eigenvalue weighted by Crippen LogP contribution is 2.28. The summed E-state index contributed by atoms with van der Waals surface area (Å²) in [6, 6.07) is 13.1. The lowest BCUT2D eigenvalue weighted by Crippen LogP contribution is -2.33. The molecule has 3 heterocycles. The number of carbonyl (C=O) groups excluding carboxylic acids is 1. The van der Waals surface area contributed by atoms with Crippen LogP contribution in [0.1, 0.15) is 5.56 Å². The summed E-state index contributed by atoms with van der Waals surface area (Å²) >= 11 is 0. The van der Waals surface area contributed by atoms with Crippen LogP contribution in [0.2, 0.25) is 0 Å². The predicted molar refractivity (Wildman–Crippen MR) is 94.1 cm³/mol. The van der Waals surface area contributed by atoms with E-state index in [2.05, 4.69) is 14.9 Å². The zero-order chi connectivity index (χ0) is 19.7. The number of hydrogen-bond donors (Lipinski definition) is 0. The molecule has 4 rings (SSSR count). The van der Waals surface area contributed by atoms with Gasteiger partial charge < -0.3 is 4.84 Å². The van der Waals surface area contributed by atoms with E-state index in [-0.39, 0.29) is 5.65 Å². The van der Waals surface area contributed by atoms with Gasteiger partial charge in [0.25, 0.3) is 0 Å². The Labute approximate surface area is 156 Å². The molecule has 0 aliphatic rings. The van der Waals surface area contributed by atoms with E-state index in [0.29, 0.717) is 22.2 Å². The summed E-state index contributed by atoms with van der Waals surface area (Å²) in [5, 5.41) is 4.88. The van der Waals surface area contributed by atoms with Crippen molar-refractivity contribution in [3.8, 4) is 11.1 Å². The van der Waals surface area contributed by atoms with Gasteiger partial charge >= 0.3 is 12.1 Å². The smallest absolute Gasteiger partial charge is 0.326 e. The van der Waals surface area contributed by atoms with Gasteiger partial charge in [0.1, 0.15) is 0 Å². The van der Waals surface area contributed by atoms with Gasteiger partial charge in [-0.05, 0) is 23.3 Å². The maximum Gasteiger partial charge on any atom is 0.493 e. The van der Waals surface area contributed by atoms with E-state index >= 15 is 0 Å². The third-order valence-electron chi connectivity index (χ3n) is 4.10. The summed E-state index contributed by atoms with van der Waals surface area (Å²) in [6.45, 7) is 0.583. The monoisotopic (exact) mass is 386 g/mol. The Hall–Kier alpha value is -3.62. The highest BCUT2D eigenvalue weighted by Gasteiger charge is 2.42. The van der Waals surface area contributed by atoms with Gasteiger partial charge in [-0.25, -0.2) is 9.78 Å². The Morgan fingerprint density at radius 3 is 2.64 bits per heavy atom. The number of halogens is 3. The van der Waals surface area contributed by atoms with Crippen molar-refractivity contribution >= 4 is 17.0 Å². The topological polar surface area (TPSA) is 61.9 Å². The van der Waals surface area contributed by atoms with Crippen LogP contribution < -0.4 is 4.84 Å². The average Bonchev–Trinajstić information content (AvgIpc) is 3.29. The van der Waals surface area contributed by atoms with Crippen molar-refractivity contribution in [3.05, 3.63) is 72.8 Å². The SMILES string of the molecule is O=C(On1ccc2c(-c3cnn(Cc4ccccc4)c3)ccnc21)C(F)(F)F. The molecule has 0 saturated heterocycles. The molecule has 6 nitrogen and oxygen atoms in total. The zero-order valence-corrected chi connectivity index (χ0v) is 14.3. The fourth-order valence-corrected chi connectivity index (χ4v) is 2.84. The molecule has 0 aliphatic carbocycles. The third-order valence-corrected chi connectivity index (χ3v) is 4.10. The number of nitrogens with zero attached hydrogens (tertiary/aromatic N) is 4. The fraction of sp³-hybridized carbons (Fsp3) is 0.105. The number of hydrogen-bond acceptors (Lipinski definition) is 4. The van der Waals surface area contributed by atoms with Gasteiger partial charge in [-0.2, -0.15) is 23.0 Å². The number of alkyl halides is 3. The predicted octanol–water partition coefficient (Wildman–Crippen LogP) is 3.47. The van der Waals surface area contributed by atoms with Crippen LogP contribution in [0.5, 0.6) is 0 Å². The molecule has 1 aromatic carbocycles. The second-order valence-electron chi connectivity index (χ2n) is 6.03. The minimum Gasteiger partial charge on any atom is -0.326 e. The van der Waals surface area contributed by atoms with Crippen molar-refractivity contribution in [2.24, 2.45) is 0 Å². The number of benzene rings is 1. The van der Waals surface area contributed by atoms with Crippen LogP contribution in [0.25, 0.3) is 22.2 Å². The second kappa shape index (κ2) is 6.84. The average molecular weight is 386 g/mol.